The van der Waals surface area contributed by atoms with Crippen LogP contribution in [0.2, 0.25) is 0 Å². The summed E-state index contributed by atoms with van der Waals surface area (Å²) in [6.07, 6.45) is 0. The number of hydrogen-bond acceptors (Lipinski definition) is 6. The Morgan fingerprint density at radius 3 is 2.50 bits per heavy atom. The number of nitrogens with zero attached hydrogens (tertiary/aromatic N) is 3. The lowest BCUT2D eigenvalue weighted by molar-refractivity contribution is -0.118. The van der Waals surface area contributed by atoms with E-state index in [1.165, 1.54) is 6.07 Å². The van der Waals surface area contributed by atoms with Crippen LogP contribution in [0.4, 0.5) is 0 Å². The Morgan fingerprint density at radius 1 is 1.21 bits per heavy atom. The Balaban J connectivity index is 1.98. The second-order valence-corrected chi connectivity index (χ2v) is 7.76. The monoisotopic (exact) mass is 401 g/mol. The Hall–Kier alpha value is -3.15. The third-order valence-electron chi connectivity index (χ3n) is 4.27. The van der Waals surface area contributed by atoms with Crippen LogP contribution in [0.15, 0.2) is 57.7 Å². The van der Waals surface area contributed by atoms with Crippen LogP contribution in [0.3, 0.4) is 0 Å². The molecule has 11 heteroatoms. The van der Waals surface area contributed by atoms with Crippen molar-refractivity contribution < 1.29 is 13.2 Å². The highest BCUT2D eigenvalue weighted by atomic mass is 32.2. The number of carbonyl (C=O) groups is 1. The van der Waals surface area contributed by atoms with Gasteiger partial charge >= 0.3 is 0 Å². The summed E-state index contributed by atoms with van der Waals surface area (Å²) in [7, 11) is -4.09. The van der Waals surface area contributed by atoms with Gasteiger partial charge in [-0.25, -0.2) is 13.6 Å². The molecule has 0 unspecified atom stereocenters. The summed E-state index contributed by atoms with van der Waals surface area (Å²) in [5.41, 5.74) is 2.16. The molecule has 1 fully saturated rings. The minimum Gasteiger partial charge on any atom is -0.342 e. The Morgan fingerprint density at radius 2 is 1.93 bits per heavy atom. The van der Waals surface area contributed by atoms with Crippen LogP contribution < -0.4 is 16.3 Å². The molecule has 1 aliphatic heterocycles. The average Bonchev–Trinajstić information content (AvgIpc) is 3.06. The lowest BCUT2D eigenvalue weighted by Gasteiger charge is -2.15. The SMILES string of the molecule is N=C(N=NN)c1c(-c2ccc(CN3CNC(=O)C3)cc2)cccc1S(N)(=O)=O. The first-order valence-corrected chi connectivity index (χ1v) is 9.78. The maximum Gasteiger partial charge on any atom is 0.238 e. The largest absolute Gasteiger partial charge is 0.342 e. The van der Waals surface area contributed by atoms with Gasteiger partial charge in [-0.2, -0.15) is 0 Å². The van der Waals surface area contributed by atoms with Crippen LogP contribution in [-0.4, -0.2) is 38.3 Å². The third-order valence-corrected chi connectivity index (χ3v) is 5.22. The molecule has 6 N–H and O–H groups in total. The van der Waals surface area contributed by atoms with Crippen molar-refractivity contribution in [3.8, 4) is 11.1 Å². The zero-order valence-corrected chi connectivity index (χ0v) is 15.6. The quantitative estimate of drug-likeness (QED) is 0.188. The topological polar surface area (TPSA) is 167 Å². The molecule has 0 bridgehead atoms. The molecule has 10 nitrogen and oxygen atoms in total. The molecule has 1 amide bonds. The van der Waals surface area contributed by atoms with Gasteiger partial charge in [0.25, 0.3) is 0 Å². The van der Waals surface area contributed by atoms with E-state index in [2.05, 4.69) is 15.7 Å². The van der Waals surface area contributed by atoms with Gasteiger partial charge in [0.05, 0.1) is 18.1 Å². The van der Waals surface area contributed by atoms with Crippen molar-refractivity contribution in [3.05, 3.63) is 53.6 Å². The number of amides is 1. The van der Waals surface area contributed by atoms with Crippen molar-refractivity contribution in [2.24, 2.45) is 21.3 Å². The third kappa shape index (κ3) is 4.22. The van der Waals surface area contributed by atoms with Gasteiger partial charge in [-0.15, -0.1) is 5.11 Å². The van der Waals surface area contributed by atoms with Gasteiger partial charge < -0.3 is 11.2 Å². The van der Waals surface area contributed by atoms with E-state index in [-0.39, 0.29) is 16.4 Å². The van der Waals surface area contributed by atoms with E-state index in [0.717, 1.165) is 5.56 Å². The fraction of sp³-hybridized carbons (Fsp3) is 0.176. The molecule has 2 aromatic rings. The molecule has 2 aromatic carbocycles. The molecule has 0 aromatic heterocycles. The van der Waals surface area contributed by atoms with Crippen molar-refractivity contribution in [3.63, 3.8) is 0 Å². The molecule has 0 radical (unpaired) electrons. The number of nitrogens with two attached hydrogens (primary N) is 2. The molecule has 1 saturated heterocycles. The maximum absolute atomic E-state index is 12.0. The predicted octanol–water partition coefficient (Wildman–Crippen LogP) is 0.542. The summed E-state index contributed by atoms with van der Waals surface area (Å²) < 4.78 is 23.9. The first-order chi connectivity index (χ1) is 13.3. The van der Waals surface area contributed by atoms with Crippen LogP contribution in [0, 0.1) is 5.41 Å². The van der Waals surface area contributed by atoms with Crippen LogP contribution in [0.25, 0.3) is 11.1 Å². The summed E-state index contributed by atoms with van der Waals surface area (Å²) >= 11 is 0. The molecular weight excluding hydrogens is 382 g/mol. The summed E-state index contributed by atoms with van der Waals surface area (Å²) in [6.45, 7) is 1.45. The van der Waals surface area contributed by atoms with Crippen molar-refractivity contribution in [1.29, 1.82) is 5.41 Å². The van der Waals surface area contributed by atoms with Crippen LogP contribution in [0.5, 0.6) is 0 Å². The molecular formula is C17H19N7O3S. The van der Waals surface area contributed by atoms with Gasteiger partial charge in [-0.3, -0.25) is 15.1 Å². The Labute approximate surface area is 161 Å². The molecule has 0 atom stereocenters. The van der Waals surface area contributed by atoms with E-state index < -0.39 is 15.9 Å². The summed E-state index contributed by atoms with van der Waals surface area (Å²) in [5.74, 6) is 4.61. The van der Waals surface area contributed by atoms with Crippen molar-refractivity contribution in [2.75, 3.05) is 13.2 Å². The Bertz CT molecular complexity index is 1050. The van der Waals surface area contributed by atoms with Crippen LogP contribution >= 0.6 is 0 Å². The number of nitrogens with one attached hydrogen (secondary N) is 2. The highest BCUT2D eigenvalue weighted by Gasteiger charge is 2.22. The van der Waals surface area contributed by atoms with Gasteiger partial charge in [0.15, 0.2) is 5.84 Å². The minimum absolute atomic E-state index is 0.00588. The smallest absolute Gasteiger partial charge is 0.238 e. The van der Waals surface area contributed by atoms with Gasteiger partial charge in [-0.1, -0.05) is 41.6 Å². The van der Waals surface area contributed by atoms with E-state index in [1.807, 2.05) is 17.0 Å². The molecule has 1 heterocycles. The highest BCUT2D eigenvalue weighted by molar-refractivity contribution is 7.89. The lowest BCUT2D eigenvalue weighted by atomic mass is 9.98. The number of primary sulfonamides is 1. The van der Waals surface area contributed by atoms with Gasteiger partial charge in [0, 0.05) is 12.1 Å². The maximum atomic E-state index is 12.0. The number of sulfonamides is 1. The molecule has 1 aliphatic rings. The van der Waals surface area contributed by atoms with Gasteiger partial charge in [0.1, 0.15) is 0 Å². The fourth-order valence-electron chi connectivity index (χ4n) is 3.04. The van der Waals surface area contributed by atoms with Gasteiger partial charge in [-0.05, 0) is 22.8 Å². The van der Waals surface area contributed by atoms with E-state index in [1.54, 1.807) is 24.3 Å². The second kappa shape index (κ2) is 7.84. The Kier molecular flexibility index (Phi) is 5.49. The minimum atomic E-state index is -4.09. The molecule has 146 valence electrons. The number of amidine groups is 1. The first kappa shape index (κ1) is 19.6. The van der Waals surface area contributed by atoms with Crippen LogP contribution in [-0.2, 0) is 21.4 Å². The lowest BCUT2D eigenvalue weighted by Crippen LogP contribution is -2.21. The molecule has 0 aliphatic carbocycles. The number of rotatable bonds is 5. The molecule has 0 spiro atoms. The van der Waals surface area contributed by atoms with E-state index >= 15 is 0 Å². The first-order valence-electron chi connectivity index (χ1n) is 8.23. The predicted molar refractivity (Wildman–Crippen MR) is 103 cm³/mol. The zero-order valence-electron chi connectivity index (χ0n) is 14.8. The van der Waals surface area contributed by atoms with Crippen molar-refractivity contribution in [1.82, 2.24) is 10.2 Å². The number of carbonyl (C=O) groups excluding carboxylic acids is 1. The van der Waals surface area contributed by atoms with Crippen molar-refractivity contribution >= 4 is 21.8 Å². The average molecular weight is 401 g/mol. The van der Waals surface area contributed by atoms with E-state index in [9.17, 15) is 13.2 Å². The fourth-order valence-corrected chi connectivity index (χ4v) is 3.79. The number of hydrogen-bond donors (Lipinski definition) is 4. The second-order valence-electron chi connectivity index (χ2n) is 6.23. The van der Waals surface area contributed by atoms with Crippen LogP contribution in [0.1, 0.15) is 11.1 Å². The summed E-state index contributed by atoms with van der Waals surface area (Å²) in [5, 5.41) is 22.6. The van der Waals surface area contributed by atoms with E-state index in [0.29, 0.717) is 30.9 Å². The normalized spacial score (nSPS) is 15.1. The molecule has 3 rings (SSSR count). The summed E-state index contributed by atoms with van der Waals surface area (Å²) in [6, 6.07) is 11.9. The molecule has 0 saturated carbocycles. The highest BCUT2D eigenvalue weighted by Crippen LogP contribution is 2.29. The zero-order chi connectivity index (χ0) is 20.3. The van der Waals surface area contributed by atoms with E-state index in [4.69, 9.17) is 16.4 Å². The summed E-state index contributed by atoms with van der Waals surface area (Å²) in [4.78, 5) is 13.0. The molecule has 28 heavy (non-hydrogen) atoms. The number of benzene rings is 2. The van der Waals surface area contributed by atoms with Crippen molar-refractivity contribution in [2.45, 2.75) is 11.4 Å². The standard InChI is InChI=1S/C17H19N7O3S/c18-17(22-23-19)16-13(2-1-3-14(16)28(20,26)27)12-6-4-11(5-7-12)8-24-9-15(25)21-10-24/h1-7H,8-10H2,(H,21,25)(H3,18,19,22)(H2,20,26,27). The van der Waals surface area contributed by atoms with Gasteiger partial charge in [0.2, 0.25) is 15.9 Å².